The fourth-order valence-corrected chi connectivity index (χ4v) is 2.89. The van der Waals surface area contributed by atoms with Crippen molar-refractivity contribution in [3.05, 3.63) is 66.0 Å². The van der Waals surface area contributed by atoms with Crippen LogP contribution < -0.4 is 9.47 Å². The molecule has 0 fully saturated rings. The maximum absolute atomic E-state index is 14.2. The minimum atomic E-state index is -4.65. The monoisotopic (exact) mass is 436 g/mol. The van der Waals surface area contributed by atoms with Crippen LogP contribution in [0.5, 0.6) is 17.2 Å². The highest BCUT2D eigenvalue weighted by atomic mass is 19.4. The van der Waals surface area contributed by atoms with Crippen molar-refractivity contribution in [3.8, 4) is 17.2 Å². The molecule has 0 N–H and O–H groups in total. The number of carbonyl (C=O) groups excluding carboxylic acids is 1. The molecule has 0 radical (unpaired) electrons. The van der Waals surface area contributed by atoms with Crippen molar-refractivity contribution >= 4 is 16.7 Å². The van der Waals surface area contributed by atoms with Crippen LogP contribution >= 0.6 is 0 Å². The third kappa shape index (κ3) is 5.25. The largest absolute Gasteiger partial charge is 0.478 e. The van der Waals surface area contributed by atoms with Crippen molar-refractivity contribution in [3.63, 3.8) is 0 Å². The predicted octanol–water partition coefficient (Wildman–Crippen LogP) is 6.51. The first-order chi connectivity index (χ1) is 14.6. The second-order valence-electron chi connectivity index (χ2n) is 7.10. The SMILES string of the molecule is CC(C)OC(=O)[C@@H](C)Oc1cccc2c(Oc3ccc(C(F)(F)F)cc3F)cccc12. The fourth-order valence-electron chi connectivity index (χ4n) is 2.89. The van der Waals surface area contributed by atoms with Crippen molar-refractivity contribution < 1.29 is 36.6 Å². The molecule has 0 aliphatic carbocycles. The van der Waals surface area contributed by atoms with Gasteiger partial charge in [-0.25, -0.2) is 9.18 Å². The van der Waals surface area contributed by atoms with Gasteiger partial charge >= 0.3 is 12.1 Å². The molecule has 3 rings (SSSR count). The molecule has 0 heterocycles. The summed E-state index contributed by atoms with van der Waals surface area (Å²) in [5.41, 5.74) is -1.10. The molecule has 1 atom stereocenters. The van der Waals surface area contributed by atoms with E-state index in [2.05, 4.69) is 0 Å². The van der Waals surface area contributed by atoms with E-state index in [1.165, 1.54) is 0 Å². The van der Waals surface area contributed by atoms with Crippen molar-refractivity contribution in [1.82, 2.24) is 0 Å². The Bertz CT molecular complexity index is 1090. The van der Waals surface area contributed by atoms with Crippen LogP contribution in [0.2, 0.25) is 0 Å². The van der Waals surface area contributed by atoms with E-state index in [4.69, 9.17) is 14.2 Å². The molecule has 0 saturated heterocycles. The van der Waals surface area contributed by atoms with Gasteiger partial charge in [0, 0.05) is 10.8 Å². The molecular weight excluding hydrogens is 416 g/mol. The third-order valence-electron chi connectivity index (χ3n) is 4.31. The van der Waals surface area contributed by atoms with E-state index in [-0.39, 0.29) is 17.6 Å². The minimum absolute atomic E-state index is 0.221. The van der Waals surface area contributed by atoms with E-state index in [0.717, 1.165) is 12.1 Å². The van der Waals surface area contributed by atoms with Crippen molar-refractivity contribution in [2.75, 3.05) is 0 Å². The van der Waals surface area contributed by atoms with Gasteiger partial charge in [0.05, 0.1) is 11.7 Å². The zero-order valence-corrected chi connectivity index (χ0v) is 17.0. The lowest BCUT2D eigenvalue weighted by molar-refractivity contribution is -0.154. The van der Waals surface area contributed by atoms with E-state index < -0.39 is 29.6 Å². The van der Waals surface area contributed by atoms with Crippen molar-refractivity contribution in [2.24, 2.45) is 0 Å². The first-order valence-electron chi connectivity index (χ1n) is 9.49. The quantitative estimate of drug-likeness (QED) is 0.326. The highest BCUT2D eigenvalue weighted by molar-refractivity contribution is 5.93. The molecule has 3 aromatic carbocycles. The fraction of sp³-hybridized carbons (Fsp3) is 0.261. The summed E-state index contributed by atoms with van der Waals surface area (Å²) in [4.78, 5) is 12.0. The molecule has 0 bridgehead atoms. The summed E-state index contributed by atoms with van der Waals surface area (Å²) in [5.74, 6) is -1.40. The van der Waals surface area contributed by atoms with E-state index >= 15 is 0 Å². The summed E-state index contributed by atoms with van der Waals surface area (Å²) in [6, 6.07) is 12.0. The van der Waals surface area contributed by atoms with Crippen LogP contribution in [-0.2, 0) is 15.7 Å². The maximum Gasteiger partial charge on any atom is 0.416 e. The van der Waals surface area contributed by atoms with Crippen LogP contribution in [0.1, 0.15) is 26.3 Å². The van der Waals surface area contributed by atoms with Crippen molar-refractivity contribution in [1.29, 1.82) is 0 Å². The number of hydrogen-bond donors (Lipinski definition) is 0. The zero-order chi connectivity index (χ0) is 22.8. The second kappa shape index (κ2) is 8.83. The van der Waals surface area contributed by atoms with Gasteiger partial charge in [0.2, 0.25) is 0 Å². The number of fused-ring (bicyclic) bond motifs is 1. The molecule has 0 spiro atoms. The van der Waals surface area contributed by atoms with Crippen LogP contribution in [0.4, 0.5) is 17.6 Å². The van der Waals surface area contributed by atoms with Crippen LogP contribution in [0.15, 0.2) is 54.6 Å². The lowest BCUT2D eigenvalue weighted by Gasteiger charge is -2.18. The molecular formula is C23H20F4O4. The first kappa shape index (κ1) is 22.4. The van der Waals surface area contributed by atoms with Gasteiger partial charge in [0.15, 0.2) is 17.7 Å². The van der Waals surface area contributed by atoms with E-state index in [1.807, 2.05) is 0 Å². The zero-order valence-electron chi connectivity index (χ0n) is 17.0. The Morgan fingerprint density at radius 2 is 1.48 bits per heavy atom. The number of rotatable bonds is 6. The number of carbonyl (C=O) groups is 1. The molecule has 3 aromatic rings. The van der Waals surface area contributed by atoms with E-state index in [0.29, 0.717) is 22.6 Å². The highest BCUT2D eigenvalue weighted by Gasteiger charge is 2.31. The summed E-state index contributed by atoms with van der Waals surface area (Å²) in [7, 11) is 0. The number of halogens is 4. The van der Waals surface area contributed by atoms with Gasteiger partial charge < -0.3 is 14.2 Å². The Morgan fingerprint density at radius 3 is 2.06 bits per heavy atom. The summed E-state index contributed by atoms with van der Waals surface area (Å²) >= 11 is 0. The molecule has 31 heavy (non-hydrogen) atoms. The number of esters is 1. The van der Waals surface area contributed by atoms with Gasteiger partial charge in [-0.05, 0) is 51.1 Å². The third-order valence-corrected chi connectivity index (χ3v) is 4.31. The average molecular weight is 436 g/mol. The Labute approximate surface area is 176 Å². The van der Waals surface area contributed by atoms with E-state index in [9.17, 15) is 22.4 Å². The van der Waals surface area contributed by atoms with Crippen LogP contribution in [0, 0.1) is 5.82 Å². The van der Waals surface area contributed by atoms with Crippen LogP contribution in [-0.4, -0.2) is 18.2 Å². The van der Waals surface area contributed by atoms with Crippen LogP contribution in [0.25, 0.3) is 10.8 Å². The molecule has 0 amide bonds. The minimum Gasteiger partial charge on any atom is -0.478 e. The number of alkyl halides is 3. The topological polar surface area (TPSA) is 44.8 Å². The molecule has 0 aromatic heterocycles. The van der Waals surface area contributed by atoms with Gasteiger partial charge in [-0.2, -0.15) is 13.2 Å². The van der Waals surface area contributed by atoms with Crippen LogP contribution in [0.3, 0.4) is 0 Å². The number of ether oxygens (including phenoxy) is 3. The standard InChI is InChI=1S/C23H20F4O4/c1-13(2)29-22(28)14(3)30-19-8-4-7-17-16(19)6-5-9-20(17)31-21-11-10-15(12-18(21)24)23(25,26)27/h4-14H,1-3H3/t14-/m1/s1. The molecule has 164 valence electrons. The first-order valence-corrected chi connectivity index (χ1v) is 9.49. The predicted molar refractivity (Wildman–Crippen MR) is 107 cm³/mol. The smallest absolute Gasteiger partial charge is 0.416 e. The molecule has 0 aliphatic rings. The van der Waals surface area contributed by atoms with Gasteiger partial charge in [0.25, 0.3) is 0 Å². The molecule has 0 aliphatic heterocycles. The molecule has 0 unspecified atom stereocenters. The van der Waals surface area contributed by atoms with Gasteiger partial charge in [-0.1, -0.05) is 24.3 Å². The average Bonchev–Trinajstić information content (AvgIpc) is 2.68. The lowest BCUT2D eigenvalue weighted by atomic mass is 10.1. The lowest BCUT2D eigenvalue weighted by Crippen LogP contribution is -2.28. The molecule has 8 heteroatoms. The maximum atomic E-state index is 14.2. The highest BCUT2D eigenvalue weighted by Crippen LogP contribution is 2.37. The normalized spacial score (nSPS) is 12.6. The Kier molecular flexibility index (Phi) is 6.38. The number of hydrogen-bond acceptors (Lipinski definition) is 4. The summed E-state index contributed by atoms with van der Waals surface area (Å²) in [6.07, 6.45) is -5.81. The summed E-state index contributed by atoms with van der Waals surface area (Å²) in [5, 5.41) is 1.11. The summed E-state index contributed by atoms with van der Waals surface area (Å²) < 4.78 is 68.9. The summed E-state index contributed by atoms with van der Waals surface area (Å²) in [6.45, 7) is 5.01. The van der Waals surface area contributed by atoms with Gasteiger partial charge in [-0.15, -0.1) is 0 Å². The molecule has 0 saturated carbocycles. The number of benzene rings is 3. The van der Waals surface area contributed by atoms with Gasteiger partial charge in [-0.3, -0.25) is 0 Å². The van der Waals surface area contributed by atoms with Gasteiger partial charge in [0.1, 0.15) is 11.5 Å². The Balaban J connectivity index is 1.90. The van der Waals surface area contributed by atoms with E-state index in [1.54, 1.807) is 57.2 Å². The second-order valence-corrected chi connectivity index (χ2v) is 7.10. The Morgan fingerprint density at radius 1 is 0.871 bits per heavy atom. The van der Waals surface area contributed by atoms with Crippen molar-refractivity contribution in [2.45, 2.75) is 39.2 Å². The Hall–Kier alpha value is -3.29. The molecule has 4 nitrogen and oxygen atoms in total.